The number of hydrogen-bond donors (Lipinski definition) is 0. The van der Waals surface area contributed by atoms with Crippen molar-refractivity contribution < 1.29 is 8.42 Å². The van der Waals surface area contributed by atoms with Crippen LogP contribution >= 0.6 is 35.0 Å². The van der Waals surface area contributed by atoms with Crippen molar-refractivity contribution in [3.05, 3.63) is 29.3 Å². The molecule has 1 rings (SSSR count). The first-order valence-corrected chi connectivity index (χ1v) is 8.72. The lowest BCUT2D eigenvalue weighted by atomic mass is 9.98. The Morgan fingerprint density at radius 3 is 2.24 bits per heavy atom. The standard InChI is InChI=1S/C14H16Cl3NO2S/c1-14(2,3)9-8-12(16)10-18(17)21(19,20)13-6-4-11(15)5-7-13/h4-7,12H,10H2,1-3H3. The molecule has 116 valence electrons. The van der Waals surface area contributed by atoms with Crippen LogP contribution in [-0.4, -0.2) is 24.2 Å². The Bertz CT molecular complexity index is 640. The smallest absolute Gasteiger partial charge is 0.206 e. The van der Waals surface area contributed by atoms with Gasteiger partial charge in [0.15, 0.2) is 0 Å². The molecule has 0 fully saturated rings. The van der Waals surface area contributed by atoms with Gasteiger partial charge in [-0.2, -0.15) is 0 Å². The van der Waals surface area contributed by atoms with E-state index >= 15 is 0 Å². The molecule has 1 unspecified atom stereocenters. The molecule has 21 heavy (non-hydrogen) atoms. The molecule has 0 spiro atoms. The van der Waals surface area contributed by atoms with Crippen LogP contribution in [0.2, 0.25) is 5.02 Å². The molecule has 0 heterocycles. The van der Waals surface area contributed by atoms with E-state index in [9.17, 15) is 8.42 Å². The molecular weight excluding hydrogens is 353 g/mol. The summed E-state index contributed by atoms with van der Waals surface area (Å²) >= 11 is 17.6. The molecule has 3 nitrogen and oxygen atoms in total. The van der Waals surface area contributed by atoms with Crippen molar-refractivity contribution in [2.24, 2.45) is 5.41 Å². The van der Waals surface area contributed by atoms with Gasteiger partial charge < -0.3 is 0 Å². The zero-order valence-corrected chi connectivity index (χ0v) is 15.0. The Hall–Kier alpha value is -0.440. The first kappa shape index (κ1) is 18.6. The van der Waals surface area contributed by atoms with Gasteiger partial charge in [0.1, 0.15) is 5.38 Å². The average molecular weight is 369 g/mol. The van der Waals surface area contributed by atoms with E-state index in [1.54, 1.807) is 0 Å². The topological polar surface area (TPSA) is 37.4 Å². The van der Waals surface area contributed by atoms with Gasteiger partial charge >= 0.3 is 0 Å². The summed E-state index contributed by atoms with van der Waals surface area (Å²) in [5, 5.41) is -0.245. The van der Waals surface area contributed by atoms with Crippen molar-refractivity contribution >= 4 is 45.0 Å². The normalized spacial score (nSPS) is 13.7. The van der Waals surface area contributed by atoms with Gasteiger partial charge in [-0.3, -0.25) is 0 Å². The maximum atomic E-state index is 12.2. The Kier molecular flexibility index (Phi) is 6.39. The molecule has 0 radical (unpaired) electrons. The molecule has 0 aliphatic rings. The van der Waals surface area contributed by atoms with Crippen LogP contribution in [0.25, 0.3) is 0 Å². The van der Waals surface area contributed by atoms with Crippen LogP contribution < -0.4 is 0 Å². The number of hydrogen-bond acceptors (Lipinski definition) is 2. The first-order chi connectivity index (χ1) is 9.52. The third-order valence-electron chi connectivity index (χ3n) is 2.28. The molecular formula is C14H16Cl3NO2S. The monoisotopic (exact) mass is 367 g/mol. The van der Waals surface area contributed by atoms with Crippen LogP contribution in [0.4, 0.5) is 0 Å². The maximum absolute atomic E-state index is 12.2. The van der Waals surface area contributed by atoms with E-state index in [4.69, 9.17) is 35.0 Å². The quantitative estimate of drug-likeness (QED) is 0.455. The number of sulfonamides is 1. The van der Waals surface area contributed by atoms with Crippen LogP contribution in [0.5, 0.6) is 0 Å². The maximum Gasteiger partial charge on any atom is 0.256 e. The Morgan fingerprint density at radius 1 is 1.24 bits per heavy atom. The fourth-order valence-corrected chi connectivity index (χ4v) is 3.19. The van der Waals surface area contributed by atoms with Crippen molar-refractivity contribution in [1.82, 2.24) is 3.82 Å². The third-order valence-corrected chi connectivity index (χ3v) is 5.00. The number of rotatable bonds is 4. The van der Waals surface area contributed by atoms with Gasteiger partial charge in [0.25, 0.3) is 10.0 Å². The van der Waals surface area contributed by atoms with Crippen molar-refractivity contribution in [2.45, 2.75) is 31.0 Å². The minimum absolute atomic E-state index is 0.0505. The summed E-state index contributed by atoms with van der Waals surface area (Å²) in [7, 11) is -3.82. The average Bonchev–Trinajstić information content (AvgIpc) is 2.36. The second-order valence-electron chi connectivity index (χ2n) is 5.42. The number of alkyl halides is 1. The molecule has 0 saturated carbocycles. The molecule has 0 saturated heterocycles. The summed E-state index contributed by atoms with van der Waals surface area (Å²) in [6.07, 6.45) is 0. The fraction of sp³-hybridized carbons (Fsp3) is 0.429. The van der Waals surface area contributed by atoms with Gasteiger partial charge in [-0.1, -0.05) is 23.4 Å². The summed E-state index contributed by atoms with van der Waals surface area (Å²) in [6, 6.07) is 5.74. The number of nitrogens with zero attached hydrogens (tertiary/aromatic N) is 1. The van der Waals surface area contributed by atoms with E-state index in [1.807, 2.05) is 20.8 Å². The third kappa shape index (κ3) is 6.06. The molecule has 0 amide bonds. The van der Waals surface area contributed by atoms with Crippen LogP contribution in [0.15, 0.2) is 29.2 Å². The molecule has 0 N–H and O–H groups in total. The predicted molar refractivity (Wildman–Crippen MR) is 88.1 cm³/mol. The number of benzene rings is 1. The Balaban J connectivity index is 2.84. The predicted octanol–water partition coefficient (Wildman–Crippen LogP) is 4.14. The van der Waals surface area contributed by atoms with Crippen molar-refractivity contribution in [2.75, 3.05) is 6.54 Å². The second-order valence-corrected chi connectivity index (χ2v) is 8.85. The highest BCUT2D eigenvalue weighted by Gasteiger charge is 2.24. The van der Waals surface area contributed by atoms with Crippen LogP contribution in [0, 0.1) is 17.3 Å². The van der Waals surface area contributed by atoms with Gasteiger partial charge in [0, 0.05) is 10.4 Å². The lowest BCUT2D eigenvalue weighted by Crippen LogP contribution is -2.27. The molecule has 0 aliphatic heterocycles. The summed E-state index contributed by atoms with van der Waals surface area (Å²) in [4.78, 5) is 0.0505. The highest BCUT2D eigenvalue weighted by atomic mass is 35.5. The Morgan fingerprint density at radius 2 is 1.76 bits per heavy atom. The SMILES string of the molecule is CC(C)(C)C#CC(Cl)CN(Cl)S(=O)(=O)c1ccc(Cl)cc1. The fourth-order valence-electron chi connectivity index (χ4n) is 1.29. The van der Waals surface area contributed by atoms with E-state index in [0.717, 1.165) is 0 Å². The van der Waals surface area contributed by atoms with E-state index in [0.29, 0.717) is 8.85 Å². The summed E-state index contributed by atoms with van der Waals surface area (Å²) in [6.45, 7) is 5.70. The van der Waals surface area contributed by atoms with Crippen LogP contribution in [0.3, 0.4) is 0 Å². The molecule has 0 bridgehead atoms. The minimum Gasteiger partial charge on any atom is -0.206 e. The van der Waals surface area contributed by atoms with Gasteiger partial charge in [-0.15, -0.1) is 15.4 Å². The number of halogens is 3. The lowest BCUT2D eigenvalue weighted by Gasteiger charge is -2.15. The highest BCUT2D eigenvalue weighted by Crippen LogP contribution is 2.21. The molecule has 0 aromatic heterocycles. The van der Waals surface area contributed by atoms with E-state index in [-0.39, 0.29) is 16.9 Å². The molecule has 1 aromatic carbocycles. The molecule has 1 aromatic rings. The van der Waals surface area contributed by atoms with Gasteiger partial charge in [0.05, 0.1) is 11.4 Å². The van der Waals surface area contributed by atoms with Crippen molar-refractivity contribution in [3.63, 3.8) is 0 Å². The highest BCUT2D eigenvalue weighted by molar-refractivity contribution is 7.90. The summed E-state index contributed by atoms with van der Waals surface area (Å²) in [5.41, 5.74) is -0.209. The van der Waals surface area contributed by atoms with Gasteiger partial charge in [-0.05, 0) is 56.8 Å². The summed E-state index contributed by atoms with van der Waals surface area (Å²) in [5.74, 6) is 5.74. The summed E-state index contributed by atoms with van der Waals surface area (Å²) < 4.78 is 25.1. The molecule has 0 aliphatic carbocycles. The zero-order chi connectivity index (χ0) is 16.3. The second kappa shape index (κ2) is 7.21. The Labute approximate surface area is 141 Å². The first-order valence-electron chi connectivity index (χ1n) is 6.13. The van der Waals surface area contributed by atoms with E-state index < -0.39 is 15.4 Å². The van der Waals surface area contributed by atoms with Crippen LogP contribution in [0.1, 0.15) is 20.8 Å². The van der Waals surface area contributed by atoms with Crippen molar-refractivity contribution in [1.29, 1.82) is 0 Å². The zero-order valence-electron chi connectivity index (χ0n) is 11.9. The van der Waals surface area contributed by atoms with Gasteiger partial charge in [0.2, 0.25) is 0 Å². The van der Waals surface area contributed by atoms with Crippen LogP contribution in [-0.2, 0) is 10.0 Å². The minimum atomic E-state index is -3.82. The van der Waals surface area contributed by atoms with Crippen molar-refractivity contribution in [3.8, 4) is 11.8 Å². The van der Waals surface area contributed by atoms with E-state index in [2.05, 4.69) is 11.8 Å². The van der Waals surface area contributed by atoms with E-state index in [1.165, 1.54) is 24.3 Å². The largest absolute Gasteiger partial charge is 0.256 e. The molecule has 7 heteroatoms. The van der Waals surface area contributed by atoms with Gasteiger partial charge in [-0.25, -0.2) is 8.42 Å². The molecule has 1 atom stereocenters. The lowest BCUT2D eigenvalue weighted by molar-refractivity contribution is 0.539.